The Balaban J connectivity index is 1.72. The smallest absolute Gasteiger partial charge is 0.341 e. The maximum Gasteiger partial charge on any atom is 0.341 e. The highest BCUT2D eigenvalue weighted by Crippen LogP contribution is 2.42. The van der Waals surface area contributed by atoms with Crippen LogP contribution >= 0.6 is 0 Å². The summed E-state index contributed by atoms with van der Waals surface area (Å²) in [6.07, 6.45) is -1.32. The molecule has 0 N–H and O–H groups in total. The predicted octanol–water partition coefficient (Wildman–Crippen LogP) is 3.63. The fourth-order valence-electron chi connectivity index (χ4n) is 3.79. The quantitative estimate of drug-likeness (QED) is 0.772. The average Bonchev–Trinajstić information content (AvgIpc) is 3.00. The van der Waals surface area contributed by atoms with Gasteiger partial charge in [-0.15, -0.1) is 0 Å². The second-order valence-electron chi connectivity index (χ2n) is 7.62. The molecule has 2 saturated heterocycles. The molecular weight excluding hydrogens is 344 g/mol. The van der Waals surface area contributed by atoms with E-state index in [1.54, 1.807) is 6.92 Å². The minimum Gasteiger partial charge on any atom is -0.461 e. The van der Waals surface area contributed by atoms with Crippen LogP contribution < -0.4 is 0 Å². The molecule has 0 radical (unpaired) electrons. The van der Waals surface area contributed by atoms with E-state index >= 15 is 0 Å². The number of rotatable bonds is 4. The number of carbonyl (C=O) groups is 1. The first-order valence-corrected chi connectivity index (χ1v) is 9.20. The lowest BCUT2D eigenvalue weighted by molar-refractivity contribution is -0.216. The Morgan fingerprint density at radius 1 is 0.926 bits per heavy atom. The van der Waals surface area contributed by atoms with Gasteiger partial charge in [0.15, 0.2) is 11.4 Å². The monoisotopic (exact) mass is 368 g/mol. The lowest BCUT2D eigenvalue weighted by atomic mass is 9.91. The van der Waals surface area contributed by atoms with Gasteiger partial charge in [0.2, 0.25) is 0 Å². The van der Waals surface area contributed by atoms with Gasteiger partial charge in [0.1, 0.15) is 24.9 Å². The van der Waals surface area contributed by atoms with Crippen molar-refractivity contribution in [3.63, 3.8) is 0 Å². The van der Waals surface area contributed by atoms with Crippen molar-refractivity contribution in [2.24, 2.45) is 0 Å². The zero-order valence-corrected chi connectivity index (χ0v) is 15.8. The van der Waals surface area contributed by atoms with Gasteiger partial charge in [-0.3, -0.25) is 0 Å². The molecule has 0 unspecified atom stereocenters. The van der Waals surface area contributed by atoms with E-state index in [2.05, 4.69) is 0 Å². The molecule has 4 rings (SSSR count). The van der Waals surface area contributed by atoms with Gasteiger partial charge in [0, 0.05) is 0 Å². The van der Waals surface area contributed by atoms with Crippen LogP contribution in [-0.4, -0.2) is 36.2 Å². The standard InChI is InChI=1S/C22H24O5/c1-21(2)25-17-14-24-20(23)22(3,19(17)27-21)26-18(15-10-6-4-7-11-15)16-12-8-5-9-13-16/h4-13,17-19H,14H2,1-3H3/t17-,19-,22+/m1/s1. The van der Waals surface area contributed by atoms with Crippen LogP contribution in [0.3, 0.4) is 0 Å². The zero-order chi connectivity index (χ0) is 19.1. The minimum atomic E-state index is -1.28. The summed E-state index contributed by atoms with van der Waals surface area (Å²) in [5, 5.41) is 0. The fourth-order valence-corrected chi connectivity index (χ4v) is 3.79. The van der Waals surface area contributed by atoms with Crippen LogP contribution in [0.2, 0.25) is 0 Å². The van der Waals surface area contributed by atoms with Gasteiger partial charge < -0.3 is 18.9 Å². The summed E-state index contributed by atoms with van der Waals surface area (Å²) in [6, 6.07) is 19.7. The highest BCUT2D eigenvalue weighted by Gasteiger charge is 2.60. The molecule has 2 aromatic carbocycles. The third-order valence-corrected chi connectivity index (χ3v) is 5.08. The van der Waals surface area contributed by atoms with Crippen molar-refractivity contribution in [2.75, 3.05) is 6.61 Å². The second kappa shape index (κ2) is 6.75. The minimum absolute atomic E-state index is 0.174. The van der Waals surface area contributed by atoms with E-state index in [1.165, 1.54) is 0 Å². The van der Waals surface area contributed by atoms with Crippen molar-refractivity contribution >= 4 is 5.97 Å². The Morgan fingerprint density at radius 3 is 2.04 bits per heavy atom. The van der Waals surface area contributed by atoms with Crippen LogP contribution in [0.15, 0.2) is 60.7 Å². The molecule has 2 aliphatic heterocycles. The molecule has 0 amide bonds. The summed E-state index contributed by atoms with van der Waals surface area (Å²) in [5.74, 6) is -1.22. The van der Waals surface area contributed by atoms with Gasteiger partial charge in [0.05, 0.1) is 0 Å². The number of cyclic esters (lactones) is 1. The first-order chi connectivity index (χ1) is 12.9. The van der Waals surface area contributed by atoms with Crippen molar-refractivity contribution < 1.29 is 23.7 Å². The number of fused-ring (bicyclic) bond motifs is 1. The molecule has 0 saturated carbocycles. The molecular formula is C22H24O5. The van der Waals surface area contributed by atoms with E-state index in [-0.39, 0.29) is 12.7 Å². The van der Waals surface area contributed by atoms with Gasteiger partial charge in [-0.2, -0.15) is 0 Å². The van der Waals surface area contributed by atoms with Crippen molar-refractivity contribution in [3.05, 3.63) is 71.8 Å². The molecule has 2 fully saturated rings. The Kier molecular flexibility index (Phi) is 4.54. The number of ether oxygens (including phenoxy) is 4. The molecule has 0 spiro atoms. The van der Waals surface area contributed by atoms with Crippen LogP contribution in [0.25, 0.3) is 0 Å². The first kappa shape index (κ1) is 18.2. The van der Waals surface area contributed by atoms with E-state index in [0.717, 1.165) is 11.1 Å². The van der Waals surface area contributed by atoms with E-state index in [9.17, 15) is 4.79 Å². The number of esters is 1. The molecule has 0 bridgehead atoms. The highest BCUT2D eigenvalue weighted by atomic mass is 16.8. The maximum atomic E-state index is 12.8. The van der Waals surface area contributed by atoms with Crippen molar-refractivity contribution in [1.82, 2.24) is 0 Å². The molecule has 2 heterocycles. The first-order valence-electron chi connectivity index (χ1n) is 9.20. The third-order valence-electron chi connectivity index (χ3n) is 5.08. The molecule has 2 aromatic rings. The van der Waals surface area contributed by atoms with E-state index in [0.29, 0.717) is 0 Å². The average molecular weight is 368 g/mol. The lowest BCUT2D eigenvalue weighted by Crippen LogP contribution is -2.59. The van der Waals surface area contributed by atoms with Crippen molar-refractivity contribution in [2.45, 2.75) is 50.5 Å². The van der Waals surface area contributed by atoms with Crippen LogP contribution in [-0.2, 0) is 23.7 Å². The van der Waals surface area contributed by atoms with Gasteiger partial charge in [-0.1, -0.05) is 60.7 Å². The van der Waals surface area contributed by atoms with Crippen LogP contribution in [0, 0.1) is 0 Å². The number of carbonyl (C=O) groups excluding carboxylic acids is 1. The Morgan fingerprint density at radius 2 is 1.48 bits per heavy atom. The number of hydrogen-bond donors (Lipinski definition) is 0. The molecule has 0 aromatic heterocycles. The topological polar surface area (TPSA) is 54.0 Å². The fraction of sp³-hybridized carbons (Fsp3) is 0.409. The van der Waals surface area contributed by atoms with E-state index < -0.39 is 29.6 Å². The van der Waals surface area contributed by atoms with Crippen molar-refractivity contribution in [3.8, 4) is 0 Å². The van der Waals surface area contributed by atoms with Crippen LogP contribution in [0.5, 0.6) is 0 Å². The predicted molar refractivity (Wildman–Crippen MR) is 99.0 cm³/mol. The molecule has 5 heteroatoms. The normalized spacial score (nSPS) is 29.4. The second-order valence-corrected chi connectivity index (χ2v) is 7.62. The largest absolute Gasteiger partial charge is 0.461 e. The molecule has 142 valence electrons. The van der Waals surface area contributed by atoms with E-state index in [4.69, 9.17) is 18.9 Å². The van der Waals surface area contributed by atoms with Gasteiger partial charge in [-0.05, 0) is 31.9 Å². The summed E-state index contributed by atoms with van der Waals surface area (Å²) in [5.41, 5.74) is 0.628. The molecule has 27 heavy (non-hydrogen) atoms. The summed E-state index contributed by atoms with van der Waals surface area (Å²) < 4.78 is 23.9. The summed E-state index contributed by atoms with van der Waals surface area (Å²) in [7, 11) is 0. The third kappa shape index (κ3) is 3.38. The Hall–Kier alpha value is -2.21. The highest BCUT2D eigenvalue weighted by molar-refractivity contribution is 5.81. The summed E-state index contributed by atoms with van der Waals surface area (Å²) in [6.45, 7) is 5.58. The molecule has 0 aliphatic carbocycles. The van der Waals surface area contributed by atoms with Crippen LogP contribution in [0.4, 0.5) is 0 Å². The number of benzene rings is 2. The van der Waals surface area contributed by atoms with Crippen molar-refractivity contribution in [1.29, 1.82) is 0 Å². The number of hydrogen-bond acceptors (Lipinski definition) is 5. The SMILES string of the molecule is CC1(C)O[C@@H]2[C@@H](COC(=O)[C@@]2(C)OC(c2ccccc2)c2ccccc2)O1. The van der Waals surface area contributed by atoms with Crippen LogP contribution in [0.1, 0.15) is 38.0 Å². The van der Waals surface area contributed by atoms with Gasteiger partial charge in [-0.25, -0.2) is 4.79 Å². The molecule has 3 atom stereocenters. The lowest BCUT2D eigenvalue weighted by Gasteiger charge is -2.40. The maximum absolute atomic E-state index is 12.8. The summed E-state index contributed by atoms with van der Waals surface area (Å²) in [4.78, 5) is 12.8. The zero-order valence-electron chi connectivity index (χ0n) is 15.8. The van der Waals surface area contributed by atoms with Gasteiger partial charge in [0.25, 0.3) is 0 Å². The van der Waals surface area contributed by atoms with Gasteiger partial charge >= 0.3 is 5.97 Å². The Labute approximate surface area is 159 Å². The van der Waals surface area contributed by atoms with E-state index in [1.807, 2.05) is 74.5 Å². The summed E-state index contributed by atoms with van der Waals surface area (Å²) >= 11 is 0. The molecule has 5 nitrogen and oxygen atoms in total. The Bertz CT molecular complexity index is 764. The molecule has 2 aliphatic rings.